The number of ether oxygens (including phenoxy) is 1. The number of aromatic nitrogens is 1. The molecule has 0 bridgehead atoms. The molecule has 0 spiro atoms. The number of likely N-dealkylation sites (N-methyl/N-ethyl adjacent to an activating group) is 1. The fraction of sp³-hybridized carbons (Fsp3) is 0.200. The topological polar surface area (TPSA) is 102 Å². The van der Waals surface area contributed by atoms with Crippen LogP contribution in [0.25, 0.3) is 22.2 Å². The Kier molecular flexibility index (Phi) is 5.69. The summed E-state index contributed by atoms with van der Waals surface area (Å²) in [7, 11) is 3.16. The predicted octanol–water partition coefficient (Wildman–Crippen LogP) is 1.86. The second kappa shape index (κ2) is 8.34. The molecule has 144 valence electrons. The lowest BCUT2D eigenvalue weighted by Gasteiger charge is -2.11. The van der Waals surface area contributed by atoms with E-state index in [1.807, 2.05) is 30.3 Å². The molecule has 3 rings (SSSR count). The molecule has 0 radical (unpaired) electrons. The van der Waals surface area contributed by atoms with Crippen molar-refractivity contribution in [2.45, 2.75) is 0 Å². The van der Waals surface area contributed by atoms with E-state index in [1.54, 1.807) is 32.3 Å². The molecule has 8 heteroatoms. The molecule has 8 nitrogen and oxygen atoms in total. The molecule has 0 unspecified atom stereocenters. The van der Waals surface area contributed by atoms with Gasteiger partial charge in [0.05, 0.1) is 17.5 Å². The van der Waals surface area contributed by atoms with Gasteiger partial charge in [-0.15, -0.1) is 0 Å². The zero-order valence-electron chi connectivity index (χ0n) is 15.5. The summed E-state index contributed by atoms with van der Waals surface area (Å²) in [5, 5.41) is 7.06. The lowest BCUT2D eigenvalue weighted by molar-refractivity contribution is -0.131. The van der Waals surface area contributed by atoms with Crippen molar-refractivity contribution in [1.29, 1.82) is 0 Å². The fourth-order valence-corrected chi connectivity index (χ4v) is 2.46. The summed E-state index contributed by atoms with van der Waals surface area (Å²) in [5.74, 6) is -0.924. The van der Waals surface area contributed by atoms with Gasteiger partial charge in [0, 0.05) is 19.7 Å². The second-order valence-corrected chi connectivity index (χ2v) is 6.25. The van der Waals surface area contributed by atoms with Crippen molar-refractivity contribution in [3.8, 4) is 11.3 Å². The average molecular weight is 381 g/mol. The second-order valence-electron chi connectivity index (χ2n) is 6.25. The van der Waals surface area contributed by atoms with Crippen LogP contribution in [0, 0.1) is 0 Å². The number of carbonyl (C=O) groups is 3. The quantitative estimate of drug-likeness (QED) is 0.654. The largest absolute Gasteiger partial charge is 0.452 e. The molecular formula is C20H19N3O5. The molecule has 2 aromatic carbocycles. The first-order chi connectivity index (χ1) is 13.5. The maximum Gasteiger partial charge on any atom is 0.338 e. The minimum absolute atomic E-state index is 0.156. The number of hydrogen-bond acceptors (Lipinski definition) is 6. The Morgan fingerprint density at radius 2 is 1.86 bits per heavy atom. The maximum atomic E-state index is 12.3. The number of amides is 2. The zero-order valence-corrected chi connectivity index (χ0v) is 15.5. The van der Waals surface area contributed by atoms with Crippen LogP contribution in [0.1, 0.15) is 10.4 Å². The molecule has 0 atom stereocenters. The number of carbonyl (C=O) groups excluding carboxylic acids is 3. The third kappa shape index (κ3) is 4.35. The first kappa shape index (κ1) is 19.1. The molecule has 0 aliphatic rings. The molecule has 0 aliphatic carbocycles. The van der Waals surface area contributed by atoms with Crippen molar-refractivity contribution in [2.75, 3.05) is 27.2 Å². The third-order valence-corrected chi connectivity index (χ3v) is 4.02. The minimum Gasteiger partial charge on any atom is -0.452 e. The van der Waals surface area contributed by atoms with E-state index in [1.165, 1.54) is 4.90 Å². The van der Waals surface area contributed by atoms with Crippen LogP contribution < -0.4 is 5.32 Å². The smallest absolute Gasteiger partial charge is 0.338 e. The first-order valence-corrected chi connectivity index (χ1v) is 8.54. The lowest BCUT2D eigenvalue weighted by Crippen LogP contribution is -2.38. The highest BCUT2D eigenvalue weighted by Crippen LogP contribution is 2.29. The normalized spacial score (nSPS) is 10.5. The van der Waals surface area contributed by atoms with E-state index in [2.05, 4.69) is 10.5 Å². The molecule has 2 amide bonds. The lowest BCUT2D eigenvalue weighted by atomic mass is 10.1. The molecule has 0 aliphatic heterocycles. The van der Waals surface area contributed by atoms with Gasteiger partial charge in [0.2, 0.25) is 5.91 Å². The Hall–Kier alpha value is -3.68. The van der Waals surface area contributed by atoms with Gasteiger partial charge in [0.15, 0.2) is 12.4 Å². The Bertz CT molecular complexity index is 1010. The van der Waals surface area contributed by atoms with Crippen LogP contribution >= 0.6 is 0 Å². The van der Waals surface area contributed by atoms with E-state index < -0.39 is 18.5 Å². The molecule has 1 aromatic heterocycles. The van der Waals surface area contributed by atoms with Crippen molar-refractivity contribution in [1.82, 2.24) is 15.4 Å². The Balaban J connectivity index is 1.67. The summed E-state index contributed by atoms with van der Waals surface area (Å²) in [4.78, 5) is 36.8. The average Bonchev–Trinajstić information content (AvgIpc) is 3.13. The van der Waals surface area contributed by atoms with Crippen LogP contribution in [0.2, 0.25) is 0 Å². The van der Waals surface area contributed by atoms with E-state index in [-0.39, 0.29) is 18.0 Å². The summed E-state index contributed by atoms with van der Waals surface area (Å²) < 4.78 is 10.4. The highest BCUT2D eigenvalue weighted by Gasteiger charge is 2.16. The van der Waals surface area contributed by atoms with Crippen molar-refractivity contribution < 1.29 is 23.6 Å². The zero-order chi connectivity index (χ0) is 20.1. The van der Waals surface area contributed by atoms with Gasteiger partial charge >= 0.3 is 5.97 Å². The SMILES string of the molecule is CN(C)C(=O)CNC(=O)COC(=O)c1ccc2noc(-c3ccccc3)c2c1. The molecule has 0 saturated carbocycles. The van der Waals surface area contributed by atoms with Crippen molar-refractivity contribution >= 4 is 28.7 Å². The summed E-state index contributed by atoms with van der Waals surface area (Å²) in [6, 6.07) is 14.2. The fourth-order valence-electron chi connectivity index (χ4n) is 2.46. The highest BCUT2D eigenvalue weighted by molar-refractivity contribution is 5.99. The standard InChI is InChI=1S/C20H19N3O5/c1-23(2)18(25)11-21-17(24)12-27-20(26)14-8-9-16-15(10-14)19(28-22-16)13-6-4-3-5-7-13/h3-10H,11-12H2,1-2H3,(H,21,24). The molecule has 28 heavy (non-hydrogen) atoms. The van der Waals surface area contributed by atoms with E-state index in [0.717, 1.165) is 5.56 Å². The predicted molar refractivity (Wildman–Crippen MR) is 101 cm³/mol. The summed E-state index contributed by atoms with van der Waals surface area (Å²) in [6.07, 6.45) is 0. The van der Waals surface area contributed by atoms with E-state index in [9.17, 15) is 14.4 Å². The van der Waals surface area contributed by atoms with Crippen LogP contribution in [0.15, 0.2) is 53.1 Å². The van der Waals surface area contributed by atoms with Gasteiger partial charge in [-0.2, -0.15) is 0 Å². The number of nitrogens with zero attached hydrogens (tertiary/aromatic N) is 2. The van der Waals surface area contributed by atoms with Crippen LogP contribution in [0.4, 0.5) is 0 Å². The van der Waals surface area contributed by atoms with Gasteiger partial charge < -0.3 is 19.5 Å². The van der Waals surface area contributed by atoms with E-state index >= 15 is 0 Å². The molecule has 3 aromatic rings. The molecule has 1 heterocycles. The minimum atomic E-state index is -0.656. The number of esters is 1. The molecular weight excluding hydrogens is 362 g/mol. The number of rotatable bonds is 6. The Morgan fingerprint density at radius 1 is 1.11 bits per heavy atom. The Labute approximate surface area is 161 Å². The highest BCUT2D eigenvalue weighted by atomic mass is 16.5. The molecule has 0 fully saturated rings. The number of hydrogen-bond donors (Lipinski definition) is 1. The van der Waals surface area contributed by atoms with Crippen molar-refractivity contribution in [2.24, 2.45) is 0 Å². The van der Waals surface area contributed by atoms with Crippen LogP contribution in [0.3, 0.4) is 0 Å². The summed E-state index contributed by atoms with van der Waals surface area (Å²) >= 11 is 0. The van der Waals surface area contributed by atoms with Crippen LogP contribution in [-0.2, 0) is 14.3 Å². The number of nitrogens with one attached hydrogen (secondary N) is 1. The van der Waals surface area contributed by atoms with Gasteiger partial charge in [-0.25, -0.2) is 4.79 Å². The maximum absolute atomic E-state index is 12.3. The Morgan fingerprint density at radius 3 is 2.57 bits per heavy atom. The summed E-state index contributed by atoms with van der Waals surface area (Å²) in [5.41, 5.74) is 1.71. The van der Waals surface area contributed by atoms with Gasteiger partial charge in [0.25, 0.3) is 5.91 Å². The number of fused-ring (bicyclic) bond motifs is 1. The number of benzene rings is 2. The first-order valence-electron chi connectivity index (χ1n) is 8.54. The van der Waals surface area contributed by atoms with Gasteiger partial charge in [-0.1, -0.05) is 35.5 Å². The molecule has 0 saturated heterocycles. The van der Waals surface area contributed by atoms with Crippen molar-refractivity contribution in [3.05, 3.63) is 54.1 Å². The molecule has 1 N–H and O–H groups in total. The van der Waals surface area contributed by atoms with Gasteiger partial charge in [-0.3, -0.25) is 9.59 Å². The van der Waals surface area contributed by atoms with E-state index in [0.29, 0.717) is 16.7 Å². The summed E-state index contributed by atoms with van der Waals surface area (Å²) in [6.45, 7) is -0.636. The van der Waals surface area contributed by atoms with E-state index in [4.69, 9.17) is 9.26 Å². The van der Waals surface area contributed by atoms with Crippen LogP contribution in [0.5, 0.6) is 0 Å². The monoisotopic (exact) mass is 381 g/mol. The third-order valence-electron chi connectivity index (χ3n) is 4.02. The van der Waals surface area contributed by atoms with Crippen LogP contribution in [-0.4, -0.2) is 55.1 Å². The van der Waals surface area contributed by atoms with Crippen molar-refractivity contribution in [3.63, 3.8) is 0 Å². The van der Waals surface area contributed by atoms with Gasteiger partial charge in [0.1, 0.15) is 5.52 Å². The van der Waals surface area contributed by atoms with Gasteiger partial charge in [-0.05, 0) is 18.2 Å².